The Morgan fingerprint density at radius 3 is 2.60 bits per heavy atom. The van der Waals surface area contributed by atoms with Gasteiger partial charge < -0.3 is 19.4 Å². The van der Waals surface area contributed by atoms with Gasteiger partial charge in [-0.2, -0.15) is 0 Å². The number of benzene rings is 2. The highest BCUT2D eigenvalue weighted by Crippen LogP contribution is 2.38. The third kappa shape index (κ3) is 5.53. The fourth-order valence-corrected chi connectivity index (χ4v) is 4.22. The summed E-state index contributed by atoms with van der Waals surface area (Å²) in [6.45, 7) is 8.13. The number of oxazole rings is 1. The summed E-state index contributed by atoms with van der Waals surface area (Å²) in [5.74, 6) is 0.121. The molecule has 0 fully saturated rings. The second kappa shape index (κ2) is 10.3. The van der Waals surface area contributed by atoms with Gasteiger partial charge in [0.15, 0.2) is 12.3 Å². The Hall–Kier alpha value is -3.68. The Morgan fingerprint density at radius 2 is 1.91 bits per heavy atom. The van der Waals surface area contributed by atoms with Gasteiger partial charge in [-0.25, -0.2) is 9.37 Å². The van der Waals surface area contributed by atoms with Gasteiger partial charge in [0, 0.05) is 18.5 Å². The zero-order chi connectivity index (χ0) is 25.1. The van der Waals surface area contributed by atoms with E-state index in [0.29, 0.717) is 12.3 Å². The van der Waals surface area contributed by atoms with E-state index in [1.165, 1.54) is 18.4 Å². The van der Waals surface area contributed by atoms with Crippen molar-refractivity contribution in [1.29, 1.82) is 0 Å². The summed E-state index contributed by atoms with van der Waals surface area (Å²) in [4.78, 5) is 31.2. The zero-order valence-electron chi connectivity index (χ0n) is 20.4. The molecule has 1 N–H and O–H groups in total. The van der Waals surface area contributed by atoms with Crippen LogP contribution in [-0.2, 0) is 17.8 Å². The highest BCUT2D eigenvalue weighted by atomic mass is 19.1. The second-order valence-electron chi connectivity index (χ2n) is 9.29. The maximum absolute atomic E-state index is 13.6. The molecule has 2 heterocycles. The van der Waals surface area contributed by atoms with E-state index >= 15 is 0 Å². The van der Waals surface area contributed by atoms with Gasteiger partial charge in [-0.15, -0.1) is 0 Å². The largest absolute Gasteiger partial charge is 0.484 e. The highest BCUT2D eigenvalue weighted by Gasteiger charge is 2.33. The monoisotopic (exact) mass is 479 g/mol. The fourth-order valence-electron chi connectivity index (χ4n) is 4.22. The van der Waals surface area contributed by atoms with Crippen molar-refractivity contribution in [2.75, 3.05) is 6.54 Å². The fraction of sp³-hybridized carbons (Fsp3) is 0.370. The van der Waals surface area contributed by atoms with Crippen molar-refractivity contribution in [3.8, 4) is 5.75 Å². The molecule has 0 radical (unpaired) electrons. The molecule has 0 saturated heterocycles. The van der Waals surface area contributed by atoms with Crippen LogP contribution in [0.4, 0.5) is 4.39 Å². The number of nitrogens with zero attached hydrogens (tertiary/aromatic N) is 2. The molecule has 1 atom stereocenters. The number of nitrogens with one attached hydrogen (secondary N) is 1. The molecule has 0 bridgehead atoms. The van der Waals surface area contributed by atoms with E-state index < -0.39 is 0 Å². The van der Waals surface area contributed by atoms with Crippen LogP contribution in [0.15, 0.2) is 53.1 Å². The van der Waals surface area contributed by atoms with E-state index in [9.17, 15) is 14.0 Å². The molecule has 35 heavy (non-hydrogen) atoms. The van der Waals surface area contributed by atoms with Crippen LogP contribution in [0, 0.1) is 11.7 Å². The molecule has 0 spiro atoms. The van der Waals surface area contributed by atoms with Crippen LogP contribution in [-0.4, -0.2) is 34.3 Å². The van der Waals surface area contributed by atoms with E-state index in [4.69, 9.17) is 9.15 Å². The Labute approximate surface area is 204 Å². The first-order chi connectivity index (χ1) is 16.7. The summed E-state index contributed by atoms with van der Waals surface area (Å²) in [7, 11) is 0. The molecule has 184 valence electrons. The number of carbonyl (C=O) groups is 2. The van der Waals surface area contributed by atoms with Crippen LogP contribution in [0.5, 0.6) is 5.75 Å². The van der Waals surface area contributed by atoms with Crippen molar-refractivity contribution in [3.05, 3.63) is 82.8 Å². The molecule has 8 heteroatoms. The number of rotatable bonds is 7. The van der Waals surface area contributed by atoms with Gasteiger partial charge in [-0.3, -0.25) is 9.59 Å². The predicted octanol–water partition coefficient (Wildman–Crippen LogP) is 4.66. The minimum atomic E-state index is -0.342. The standard InChI is InChI=1S/C27H30FN3O4/c1-16(2)27(33)31-12-11-18-7-10-21(13-22(18)25(31)19-5-8-20(28)9-6-19)34-15-24-30-23(14-35-24)26(32)29-17(3)4/h5-10,13-14,16-17,25H,11-12,15H2,1-4H3,(H,29,32)/t25-/m1/s1. The van der Waals surface area contributed by atoms with E-state index in [2.05, 4.69) is 10.3 Å². The highest BCUT2D eigenvalue weighted by molar-refractivity contribution is 5.92. The van der Waals surface area contributed by atoms with Crippen LogP contribution in [0.25, 0.3) is 0 Å². The van der Waals surface area contributed by atoms with Crippen LogP contribution >= 0.6 is 0 Å². The number of hydrogen-bond donors (Lipinski definition) is 1. The topological polar surface area (TPSA) is 84.7 Å². The van der Waals surface area contributed by atoms with Gasteiger partial charge >= 0.3 is 0 Å². The van der Waals surface area contributed by atoms with Crippen molar-refractivity contribution >= 4 is 11.8 Å². The van der Waals surface area contributed by atoms with Crippen molar-refractivity contribution in [2.24, 2.45) is 5.92 Å². The lowest BCUT2D eigenvalue weighted by atomic mass is 9.87. The molecular formula is C27H30FN3O4. The van der Waals surface area contributed by atoms with Gasteiger partial charge in [-0.05, 0) is 61.2 Å². The average molecular weight is 480 g/mol. The lowest BCUT2D eigenvalue weighted by Gasteiger charge is -2.39. The molecule has 1 aliphatic heterocycles. The number of carbonyl (C=O) groups excluding carboxylic acids is 2. The Kier molecular flexibility index (Phi) is 7.19. The van der Waals surface area contributed by atoms with Crippen LogP contribution in [0.1, 0.15) is 66.8 Å². The van der Waals surface area contributed by atoms with Gasteiger partial charge in [0.2, 0.25) is 11.8 Å². The van der Waals surface area contributed by atoms with Gasteiger partial charge in [0.25, 0.3) is 5.91 Å². The molecule has 1 aliphatic rings. The van der Waals surface area contributed by atoms with E-state index in [0.717, 1.165) is 23.1 Å². The number of halogens is 1. The minimum absolute atomic E-state index is 0.00871. The molecule has 0 saturated carbocycles. The lowest BCUT2D eigenvalue weighted by molar-refractivity contribution is -0.136. The van der Waals surface area contributed by atoms with E-state index in [1.54, 1.807) is 12.1 Å². The van der Waals surface area contributed by atoms with E-state index in [1.807, 2.05) is 50.8 Å². The predicted molar refractivity (Wildman–Crippen MR) is 128 cm³/mol. The van der Waals surface area contributed by atoms with Crippen molar-refractivity contribution < 1.29 is 23.1 Å². The summed E-state index contributed by atoms with van der Waals surface area (Å²) < 4.78 is 25.0. The molecule has 0 unspecified atom stereocenters. The summed E-state index contributed by atoms with van der Waals surface area (Å²) in [5, 5.41) is 2.77. The van der Waals surface area contributed by atoms with Gasteiger partial charge in [-0.1, -0.05) is 32.0 Å². The first-order valence-corrected chi connectivity index (χ1v) is 11.8. The number of amides is 2. The van der Waals surface area contributed by atoms with Crippen LogP contribution in [0.3, 0.4) is 0 Å². The SMILES string of the molecule is CC(C)NC(=O)c1coc(COc2ccc3c(c2)[C@@H](c2ccc(F)cc2)N(C(=O)C(C)C)CC3)n1. The minimum Gasteiger partial charge on any atom is -0.484 e. The van der Waals surface area contributed by atoms with Gasteiger partial charge in [0.05, 0.1) is 6.04 Å². The number of ether oxygens (including phenoxy) is 1. The molecule has 2 amide bonds. The van der Waals surface area contributed by atoms with Crippen molar-refractivity contribution in [2.45, 2.75) is 52.8 Å². The number of aromatic nitrogens is 1. The molecular weight excluding hydrogens is 449 g/mol. The Morgan fingerprint density at radius 1 is 1.17 bits per heavy atom. The average Bonchev–Trinajstić information content (AvgIpc) is 3.31. The summed E-state index contributed by atoms with van der Waals surface area (Å²) in [5.41, 5.74) is 3.09. The number of hydrogen-bond acceptors (Lipinski definition) is 5. The number of fused-ring (bicyclic) bond motifs is 1. The van der Waals surface area contributed by atoms with Crippen LogP contribution < -0.4 is 10.1 Å². The summed E-state index contributed by atoms with van der Waals surface area (Å²) in [6, 6.07) is 11.7. The molecule has 3 aromatic rings. The van der Waals surface area contributed by atoms with Crippen molar-refractivity contribution in [3.63, 3.8) is 0 Å². The third-order valence-corrected chi connectivity index (χ3v) is 5.87. The zero-order valence-corrected chi connectivity index (χ0v) is 20.4. The molecule has 4 rings (SSSR count). The summed E-state index contributed by atoms with van der Waals surface area (Å²) in [6.07, 6.45) is 2.03. The first kappa shape index (κ1) is 24.4. The smallest absolute Gasteiger partial charge is 0.273 e. The Bertz CT molecular complexity index is 1200. The normalized spacial score (nSPS) is 15.3. The quantitative estimate of drug-likeness (QED) is 0.533. The van der Waals surface area contributed by atoms with Crippen LogP contribution in [0.2, 0.25) is 0 Å². The second-order valence-corrected chi connectivity index (χ2v) is 9.29. The first-order valence-electron chi connectivity index (χ1n) is 11.8. The van der Waals surface area contributed by atoms with Crippen molar-refractivity contribution in [1.82, 2.24) is 15.2 Å². The van der Waals surface area contributed by atoms with E-state index in [-0.39, 0.29) is 53.8 Å². The molecule has 2 aromatic carbocycles. The van der Waals surface area contributed by atoms with Gasteiger partial charge in [0.1, 0.15) is 17.8 Å². The molecule has 0 aliphatic carbocycles. The Balaban J connectivity index is 1.58. The molecule has 1 aromatic heterocycles. The maximum Gasteiger partial charge on any atom is 0.273 e. The maximum atomic E-state index is 13.6. The molecule has 7 nitrogen and oxygen atoms in total. The summed E-state index contributed by atoms with van der Waals surface area (Å²) >= 11 is 0. The lowest BCUT2D eigenvalue weighted by Crippen LogP contribution is -2.42. The third-order valence-electron chi connectivity index (χ3n) is 5.87.